The van der Waals surface area contributed by atoms with Crippen LogP contribution in [0.5, 0.6) is 0 Å². The highest BCUT2D eigenvalue weighted by atomic mass is 79.9. The van der Waals surface area contributed by atoms with Crippen LogP contribution in [0.25, 0.3) is 0 Å². The van der Waals surface area contributed by atoms with Gasteiger partial charge in [0.1, 0.15) is 29.2 Å². The Morgan fingerprint density at radius 1 is 1.07 bits per heavy atom. The summed E-state index contributed by atoms with van der Waals surface area (Å²) < 4.78 is 6.64. The smallest absolute Gasteiger partial charge is 0.139 e. The zero-order valence-corrected chi connectivity index (χ0v) is 11.2. The second-order valence-corrected chi connectivity index (χ2v) is 4.40. The molecule has 0 unspecified atom stereocenters. The fourth-order valence-corrected chi connectivity index (χ4v) is 2.34. The van der Waals surface area contributed by atoms with E-state index in [-0.39, 0.29) is 5.57 Å². The van der Waals surface area contributed by atoms with Crippen LogP contribution in [0.2, 0.25) is 0 Å². The van der Waals surface area contributed by atoms with Crippen molar-refractivity contribution in [2.45, 2.75) is 13.8 Å². The molecular weight excluding hydrogens is 324 g/mol. The monoisotopic (exact) mass is 328 g/mol. The van der Waals surface area contributed by atoms with Gasteiger partial charge in [-0.3, -0.25) is 0 Å². The van der Waals surface area contributed by atoms with Crippen LogP contribution >= 0.6 is 31.9 Å². The first-order valence-corrected chi connectivity index (χ1v) is 5.57. The minimum atomic E-state index is 0.0516. The molecule has 3 nitrogen and oxygen atoms in total. The van der Waals surface area contributed by atoms with Gasteiger partial charge in [0.25, 0.3) is 0 Å². The first kappa shape index (κ1) is 12.0. The summed E-state index contributed by atoms with van der Waals surface area (Å²) in [5, 5.41) is 17.7. The summed E-state index contributed by atoms with van der Waals surface area (Å²) in [4.78, 5) is 0. The molecule has 0 atom stereocenters. The van der Waals surface area contributed by atoms with Crippen LogP contribution in [-0.4, -0.2) is 0 Å². The Kier molecular flexibility index (Phi) is 3.73. The Morgan fingerprint density at radius 3 is 1.80 bits per heavy atom. The largest absolute Gasteiger partial charge is 0.464 e. The lowest BCUT2D eigenvalue weighted by Gasteiger charge is -2.19. The van der Waals surface area contributed by atoms with Crippen molar-refractivity contribution in [3.8, 4) is 12.1 Å². The highest BCUT2D eigenvalue weighted by Gasteiger charge is 2.23. The van der Waals surface area contributed by atoms with E-state index in [0.717, 1.165) is 0 Å². The van der Waals surface area contributed by atoms with Gasteiger partial charge in [-0.15, -0.1) is 0 Å². The summed E-state index contributed by atoms with van der Waals surface area (Å²) in [6.07, 6.45) is 0. The zero-order chi connectivity index (χ0) is 11.6. The molecule has 1 rings (SSSR count). The number of hydrogen-bond acceptors (Lipinski definition) is 3. The van der Waals surface area contributed by atoms with Crippen molar-refractivity contribution in [2.75, 3.05) is 0 Å². The van der Waals surface area contributed by atoms with Crippen LogP contribution in [-0.2, 0) is 4.74 Å². The first-order chi connectivity index (χ1) is 7.02. The minimum Gasteiger partial charge on any atom is -0.464 e. The average molecular weight is 330 g/mol. The van der Waals surface area contributed by atoms with E-state index in [2.05, 4.69) is 31.9 Å². The second kappa shape index (κ2) is 4.65. The van der Waals surface area contributed by atoms with Crippen molar-refractivity contribution in [1.82, 2.24) is 0 Å². The third-order valence-electron chi connectivity index (χ3n) is 1.84. The predicted octanol–water partition coefficient (Wildman–Crippen LogP) is 3.61. The fourth-order valence-electron chi connectivity index (χ4n) is 1.12. The molecule has 0 aromatic heterocycles. The third-order valence-corrected chi connectivity index (χ3v) is 3.75. The lowest BCUT2D eigenvalue weighted by atomic mass is 10.1. The van der Waals surface area contributed by atoms with Gasteiger partial charge in [-0.1, -0.05) is 0 Å². The topological polar surface area (TPSA) is 56.8 Å². The number of nitrogens with zero attached hydrogens (tertiary/aromatic N) is 2. The average Bonchev–Trinajstić information content (AvgIpc) is 2.21. The van der Waals surface area contributed by atoms with E-state index in [4.69, 9.17) is 15.3 Å². The lowest BCUT2D eigenvalue weighted by molar-refractivity contribution is 0.302. The van der Waals surface area contributed by atoms with E-state index >= 15 is 0 Å². The second-order valence-electron chi connectivity index (χ2n) is 2.82. The molecule has 1 aliphatic rings. The number of hydrogen-bond donors (Lipinski definition) is 0. The first-order valence-electron chi connectivity index (χ1n) is 3.98. The van der Waals surface area contributed by atoms with Gasteiger partial charge in [-0.25, -0.2) is 0 Å². The van der Waals surface area contributed by atoms with Gasteiger partial charge in [0.15, 0.2) is 0 Å². The van der Waals surface area contributed by atoms with E-state index in [0.29, 0.717) is 26.1 Å². The van der Waals surface area contributed by atoms with Crippen LogP contribution in [0.1, 0.15) is 13.8 Å². The molecule has 0 radical (unpaired) electrons. The van der Waals surface area contributed by atoms with Crippen LogP contribution in [0.15, 0.2) is 31.6 Å². The van der Waals surface area contributed by atoms with E-state index in [1.807, 2.05) is 12.1 Å². The minimum absolute atomic E-state index is 0.0516. The van der Waals surface area contributed by atoms with Crippen molar-refractivity contribution in [3.05, 3.63) is 31.6 Å². The van der Waals surface area contributed by atoms with E-state index in [1.165, 1.54) is 0 Å². The highest BCUT2D eigenvalue weighted by Crippen LogP contribution is 2.40. The molecule has 0 aromatic carbocycles. The van der Waals surface area contributed by atoms with Crippen LogP contribution in [0.4, 0.5) is 0 Å². The van der Waals surface area contributed by atoms with Crippen molar-refractivity contribution in [3.63, 3.8) is 0 Å². The van der Waals surface area contributed by atoms with Crippen LogP contribution in [0, 0.1) is 22.7 Å². The molecule has 0 fully saturated rings. The fraction of sp³-hybridized carbons (Fsp3) is 0.200. The van der Waals surface area contributed by atoms with Gasteiger partial charge in [-0.2, -0.15) is 10.5 Å². The normalized spacial score (nSPS) is 15.7. The van der Waals surface area contributed by atoms with Gasteiger partial charge in [0, 0.05) is 5.57 Å². The Hall–Kier alpha value is -1.04. The maximum absolute atomic E-state index is 8.83. The number of allylic oxidation sites excluding steroid dienone is 6. The van der Waals surface area contributed by atoms with Crippen molar-refractivity contribution in [1.29, 1.82) is 10.5 Å². The molecule has 1 aliphatic heterocycles. The molecule has 0 amide bonds. The van der Waals surface area contributed by atoms with Crippen molar-refractivity contribution < 1.29 is 4.74 Å². The summed E-state index contributed by atoms with van der Waals surface area (Å²) in [5.41, 5.74) is 0.594. The maximum Gasteiger partial charge on any atom is 0.139 e. The zero-order valence-electron chi connectivity index (χ0n) is 8.06. The number of nitriles is 2. The summed E-state index contributed by atoms with van der Waals surface area (Å²) >= 11 is 6.60. The summed E-state index contributed by atoms with van der Waals surface area (Å²) in [7, 11) is 0. The molecule has 0 bridgehead atoms. The third kappa shape index (κ3) is 2.14. The SMILES string of the molecule is CC1=C(Br)C(=C(C#N)C#N)C(Br)=C(C)O1. The van der Waals surface area contributed by atoms with Crippen molar-refractivity contribution in [2.24, 2.45) is 0 Å². The maximum atomic E-state index is 8.83. The highest BCUT2D eigenvalue weighted by molar-refractivity contribution is 9.12. The Balaban J connectivity index is 3.53. The molecule has 0 saturated carbocycles. The van der Waals surface area contributed by atoms with E-state index < -0.39 is 0 Å². The quantitative estimate of drug-likeness (QED) is 0.638. The van der Waals surface area contributed by atoms with Gasteiger partial charge < -0.3 is 4.74 Å². The number of halogens is 2. The summed E-state index contributed by atoms with van der Waals surface area (Å²) in [5.74, 6) is 1.27. The molecule has 15 heavy (non-hydrogen) atoms. The molecular formula is C10H6Br2N2O. The molecule has 0 N–H and O–H groups in total. The molecule has 5 heteroatoms. The van der Waals surface area contributed by atoms with Crippen LogP contribution in [0.3, 0.4) is 0 Å². The van der Waals surface area contributed by atoms with E-state index in [1.54, 1.807) is 13.8 Å². The molecule has 0 saturated heterocycles. The van der Waals surface area contributed by atoms with E-state index in [9.17, 15) is 0 Å². The number of rotatable bonds is 0. The molecule has 0 spiro atoms. The van der Waals surface area contributed by atoms with Gasteiger partial charge in [-0.05, 0) is 45.7 Å². The Labute approximate surface area is 105 Å². The predicted molar refractivity (Wildman–Crippen MR) is 62.6 cm³/mol. The lowest BCUT2D eigenvalue weighted by Crippen LogP contribution is -2.03. The Morgan fingerprint density at radius 2 is 1.47 bits per heavy atom. The van der Waals surface area contributed by atoms with Gasteiger partial charge in [0.05, 0.1) is 8.96 Å². The summed E-state index contributed by atoms with van der Waals surface area (Å²) in [6.45, 7) is 3.53. The summed E-state index contributed by atoms with van der Waals surface area (Å²) in [6, 6.07) is 3.72. The Bertz CT molecular complexity index is 445. The molecule has 1 heterocycles. The van der Waals surface area contributed by atoms with Crippen LogP contribution < -0.4 is 0 Å². The van der Waals surface area contributed by atoms with Gasteiger partial charge in [0.2, 0.25) is 0 Å². The van der Waals surface area contributed by atoms with Gasteiger partial charge >= 0.3 is 0 Å². The number of ether oxygens (including phenoxy) is 1. The molecule has 76 valence electrons. The molecule has 0 aromatic rings. The standard InChI is InChI=1S/C10H6Br2N2O/c1-5-9(11)8(7(3-13)4-14)10(12)6(2)15-5/h1-2H3. The molecule has 0 aliphatic carbocycles. The van der Waals surface area contributed by atoms with Crippen molar-refractivity contribution >= 4 is 31.9 Å².